The Bertz CT molecular complexity index is 1280. The van der Waals surface area contributed by atoms with Crippen molar-refractivity contribution in [2.75, 3.05) is 10.6 Å². The van der Waals surface area contributed by atoms with Crippen LogP contribution in [0.5, 0.6) is 5.75 Å². The van der Waals surface area contributed by atoms with Gasteiger partial charge in [0.2, 0.25) is 0 Å². The van der Waals surface area contributed by atoms with Gasteiger partial charge in [-0.05, 0) is 59.9 Å². The minimum absolute atomic E-state index is 0.129. The Morgan fingerprint density at radius 3 is 2.47 bits per heavy atom. The molecule has 1 heterocycles. The summed E-state index contributed by atoms with van der Waals surface area (Å²) in [4.78, 5) is 14.0. The molecule has 0 unspecified atom stereocenters. The summed E-state index contributed by atoms with van der Waals surface area (Å²) >= 11 is 6.08. The van der Waals surface area contributed by atoms with Crippen molar-refractivity contribution < 1.29 is 9.90 Å². The van der Waals surface area contributed by atoms with Crippen LogP contribution in [0.15, 0.2) is 60.7 Å². The average molecular weight is 450 g/mol. The Kier molecular flexibility index (Phi) is 5.76. The maximum absolute atomic E-state index is 12.6. The number of nitrogens with zero attached hydrogens (tertiary/aromatic N) is 3. The van der Waals surface area contributed by atoms with E-state index in [9.17, 15) is 9.90 Å². The number of hydrogen-bond acceptors (Lipinski definition) is 4. The Morgan fingerprint density at radius 1 is 1.03 bits per heavy atom. The Hall–Kier alpha value is -3.58. The van der Waals surface area contributed by atoms with Gasteiger partial charge in [0.25, 0.3) is 0 Å². The number of nitrogens with one attached hydrogen (secondary N) is 2. The van der Waals surface area contributed by atoms with E-state index in [1.54, 1.807) is 36.4 Å². The molecule has 4 aromatic rings. The number of carbonyl (C=O) groups is 1. The standard InChI is InChI=1S/C24H24ClN5O2/c1-4-24(2,3)15-12-20(27-23(32)26-17-8-6-5-7-9-17)22(31)21(13-15)30-28-18-11-10-16(25)14-19(18)29-30/h5-14,31H,4H2,1-3H3,(H2,26,27,32). The number of amides is 2. The molecule has 0 aliphatic heterocycles. The largest absolute Gasteiger partial charge is 0.504 e. The van der Waals surface area contributed by atoms with E-state index in [0.717, 1.165) is 12.0 Å². The number of rotatable bonds is 5. The van der Waals surface area contributed by atoms with Crippen LogP contribution in [-0.4, -0.2) is 26.1 Å². The fraction of sp³-hybridized carbons (Fsp3) is 0.208. The summed E-state index contributed by atoms with van der Waals surface area (Å²) in [5.41, 5.74) is 3.26. The number of carbonyl (C=O) groups excluding carboxylic acids is 1. The SMILES string of the molecule is CCC(C)(C)c1cc(NC(=O)Nc2ccccc2)c(O)c(-n2nc3ccc(Cl)cc3n2)c1. The quantitative estimate of drug-likeness (QED) is 0.320. The molecule has 0 aliphatic rings. The molecule has 1 aromatic heterocycles. The van der Waals surface area contributed by atoms with Crippen LogP contribution in [0.4, 0.5) is 16.2 Å². The summed E-state index contributed by atoms with van der Waals surface area (Å²) in [7, 11) is 0. The molecule has 0 bridgehead atoms. The van der Waals surface area contributed by atoms with Crippen molar-refractivity contribution in [3.63, 3.8) is 0 Å². The van der Waals surface area contributed by atoms with Gasteiger partial charge in [-0.1, -0.05) is 50.6 Å². The highest BCUT2D eigenvalue weighted by Gasteiger charge is 2.24. The van der Waals surface area contributed by atoms with Gasteiger partial charge in [-0.15, -0.1) is 15.0 Å². The first-order valence-electron chi connectivity index (χ1n) is 10.3. The highest BCUT2D eigenvalue weighted by molar-refractivity contribution is 6.31. The van der Waals surface area contributed by atoms with Gasteiger partial charge in [-0.2, -0.15) is 0 Å². The molecule has 0 aliphatic carbocycles. The molecule has 4 rings (SSSR count). The first kappa shape index (κ1) is 21.6. The molecule has 3 aromatic carbocycles. The maximum Gasteiger partial charge on any atom is 0.323 e. The monoisotopic (exact) mass is 449 g/mol. The zero-order valence-electron chi connectivity index (χ0n) is 18.1. The molecular weight excluding hydrogens is 426 g/mol. The van der Waals surface area contributed by atoms with E-state index in [2.05, 4.69) is 41.6 Å². The Balaban J connectivity index is 1.77. The topological polar surface area (TPSA) is 92.1 Å². The molecule has 2 amide bonds. The number of aromatic nitrogens is 3. The molecule has 0 saturated carbocycles. The van der Waals surface area contributed by atoms with Crippen molar-refractivity contribution >= 4 is 40.0 Å². The Morgan fingerprint density at radius 2 is 1.75 bits per heavy atom. The smallest absolute Gasteiger partial charge is 0.323 e. The number of anilines is 2. The zero-order valence-corrected chi connectivity index (χ0v) is 18.8. The predicted octanol–water partition coefficient (Wildman–Crippen LogP) is 6.11. The first-order valence-corrected chi connectivity index (χ1v) is 10.7. The van der Waals surface area contributed by atoms with E-state index in [1.807, 2.05) is 24.3 Å². The summed E-state index contributed by atoms with van der Waals surface area (Å²) in [6.45, 7) is 6.29. The number of benzene rings is 3. The highest BCUT2D eigenvalue weighted by atomic mass is 35.5. The third-order valence-electron chi connectivity index (χ3n) is 5.59. The third kappa shape index (κ3) is 4.38. The summed E-state index contributed by atoms with van der Waals surface area (Å²) < 4.78 is 0. The van der Waals surface area contributed by atoms with Crippen molar-refractivity contribution in [2.45, 2.75) is 32.6 Å². The van der Waals surface area contributed by atoms with Crippen LogP contribution in [0.2, 0.25) is 5.02 Å². The summed E-state index contributed by atoms with van der Waals surface area (Å²) in [6, 6.07) is 17.5. The van der Waals surface area contributed by atoms with Crippen LogP contribution >= 0.6 is 11.6 Å². The summed E-state index contributed by atoms with van der Waals surface area (Å²) in [6.07, 6.45) is 0.858. The zero-order chi connectivity index (χ0) is 22.9. The lowest BCUT2D eigenvalue weighted by Crippen LogP contribution is -2.21. The van der Waals surface area contributed by atoms with Crippen LogP contribution in [-0.2, 0) is 5.41 Å². The molecule has 8 heteroatoms. The average Bonchev–Trinajstić information content (AvgIpc) is 3.18. The number of halogens is 1. The van der Waals surface area contributed by atoms with Gasteiger partial charge in [0.15, 0.2) is 5.75 Å². The molecule has 32 heavy (non-hydrogen) atoms. The number of phenols is 1. The van der Waals surface area contributed by atoms with Crippen molar-refractivity contribution in [3.05, 3.63) is 71.2 Å². The van der Waals surface area contributed by atoms with Gasteiger partial charge in [0, 0.05) is 10.7 Å². The molecule has 0 fully saturated rings. The number of phenolic OH excluding ortho intramolecular Hbond substituents is 1. The lowest BCUT2D eigenvalue weighted by molar-refractivity contribution is 0.262. The number of urea groups is 1. The number of para-hydroxylation sites is 1. The van der Waals surface area contributed by atoms with Gasteiger partial charge in [0.1, 0.15) is 16.7 Å². The third-order valence-corrected chi connectivity index (χ3v) is 5.83. The van der Waals surface area contributed by atoms with Crippen LogP contribution in [0.25, 0.3) is 16.7 Å². The van der Waals surface area contributed by atoms with Gasteiger partial charge in [-0.25, -0.2) is 4.79 Å². The van der Waals surface area contributed by atoms with Crippen LogP contribution < -0.4 is 10.6 Å². The fourth-order valence-corrected chi connectivity index (χ4v) is 3.43. The maximum atomic E-state index is 12.6. The van der Waals surface area contributed by atoms with E-state index in [1.165, 1.54) is 4.80 Å². The molecule has 3 N–H and O–H groups in total. The minimum Gasteiger partial charge on any atom is -0.504 e. The number of hydrogen-bond donors (Lipinski definition) is 3. The number of fused-ring (bicyclic) bond motifs is 1. The summed E-state index contributed by atoms with van der Waals surface area (Å²) in [5.74, 6) is -0.129. The van der Waals surface area contributed by atoms with E-state index in [-0.39, 0.29) is 16.9 Å². The van der Waals surface area contributed by atoms with Crippen LogP contribution in [0.3, 0.4) is 0 Å². The molecule has 0 saturated heterocycles. The second-order valence-corrected chi connectivity index (χ2v) is 8.63. The van der Waals surface area contributed by atoms with Gasteiger partial charge in [0.05, 0.1) is 5.69 Å². The first-order chi connectivity index (χ1) is 15.3. The van der Waals surface area contributed by atoms with E-state index in [0.29, 0.717) is 27.4 Å². The fourth-order valence-electron chi connectivity index (χ4n) is 3.26. The van der Waals surface area contributed by atoms with Crippen LogP contribution in [0.1, 0.15) is 32.8 Å². The lowest BCUT2D eigenvalue weighted by Gasteiger charge is -2.25. The van der Waals surface area contributed by atoms with Gasteiger partial charge >= 0.3 is 6.03 Å². The van der Waals surface area contributed by atoms with Gasteiger partial charge < -0.3 is 15.7 Å². The van der Waals surface area contributed by atoms with Crippen molar-refractivity contribution in [3.8, 4) is 11.4 Å². The second kappa shape index (κ2) is 8.51. The van der Waals surface area contributed by atoms with Crippen molar-refractivity contribution in [1.82, 2.24) is 15.0 Å². The summed E-state index contributed by atoms with van der Waals surface area (Å²) in [5, 5.41) is 26.1. The minimum atomic E-state index is -0.464. The van der Waals surface area contributed by atoms with E-state index in [4.69, 9.17) is 11.6 Å². The molecule has 0 atom stereocenters. The van der Waals surface area contributed by atoms with Gasteiger partial charge in [-0.3, -0.25) is 0 Å². The highest BCUT2D eigenvalue weighted by Crippen LogP contribution is 2.38. The van der Waals surface area contributed by atoms with Crippen molar-refractivity contribution in [1.29, 1.82) is 0 Å². The normalized spacial score (nSPS) is 11.5. The molecule has 164 valence electrons. The van der Waals surface area contributed by atoms with E-state index < -0.39 is 6.03 Å². The lowest BCUT2D eigenvalue weighted by atomic mass is 9.81. The molecule has 0 spiro atoms. The molecule has 7 nitrogen and oxygen atoms in total. The van der Waals surface area contributed by atoms with Crippen molar-refractivity contribution in [2.24, 2.45) is 0 Å². The molecular formula is C24H24ClN5O2. The second-order valence-electron chi connectivity index (χ2n) is 8.20. The number of aromatic hydroxyl groups is 1. The predicted molar refractivity (Wildman–Crippen MR) is 128 cm³/mol. The Labute approximate surface area is 191 Å². The van der Waals surface area contributed by atoms with Crippen LogP contribution in [0, 0.1) is 0 Å². The molecule has 0 radical (unpaired) electrons. The van der Waals surface area contributed by atoms with E-state index >= 15 is 0 Å².